The molecule has 0 atom stereocenters. The maximum Gasteiger partial charge on any atom is 0.0934 e. The Morgan fingerprint density at radius 2 is 1.74 bits per heavy atom. The van der Waals surface area contributed by atoms with Crippen LogP contribution in [0.4, 0.5) is 0 Å². The number of nitrogens with zero attached hydrogens (tertiary/aromatic N) is 3. The maximum atomic E-state index is 4.73. The third-order valence-corrected chi connectivity index (χ3v) is 6.71. The summed E-state index contributed by atoms with van der Waals surface area (Å²) >= 11 is 1.89. The normalized spacial score (nSPS) is 25.0. The summed E-state index contributed by atoms with van der Waals surface area (Å²) in [6, 6.07) is 0. The average molecular weight is 330 g/mol. The van der Waals surface area contributed by atoms with Crippen LogP contribution in [-0.4, -0.2) is 14.8 Å². The minimum absolute atomic E-state index is 0.852. The second kappa shape index (κ2) is 6.39. The van der Waals surface area contributed by atoms with Crippen LogP contribution in [0.1, 0.15) is 56.2 Å². The molecule has 2 aliphatic rings. The number of hydrogen-bond acceptors (Lipinski definition) is 3. The molecule has 124 valence electrons. The molecule has 0 aliphatic heterocycles. The van der Waals surface area contributed by atoms with Gasteiger partial charge in [0, 0.05) is 30.9 Å². The molecule has 4 rings (SSSR count). The molecular weight excluding hydrogens is 302 g/mol. The minimum atomic E-state index is 0.852. The fraction of sp³-hybridized carbons (Fsp3) is 0.684. The summed E-state index contributed by atoms with van der Waals surface area (Å²) in [5.74, 6) is 2.67. The van der Waals surface area contributed by atoms with Gasteiger partial charge in [-0.05, 0) is 49.9 Å². The molecule has 2 aromatic heterocycles. The highest BCUT2D eigenvalue weighted by molar-refractivity contribution is 7.15. The predicted molar refractivity (Wildman–Crippen MR) is 95.6 cm³/mol. The predicted octanol–water partition coefficient (Wildman–Crippen LogP) is 4.86. The van der Waals surface area contributed by atoms with E-state index in [4.69, 9.17) is 4.98 Å². The van der Waals surface area contributed by atoms with Crippen molar-refractivity contribution in [2.24, 2.45) is 24.8 Å². The highest BCUT2D eigenvalue weighted by Crippen LogP contribution is 2.38. The van der Waals surface area contributed by atoms with Crippen molar-refractivity contribution < 1.29 is 0 Å². The summed E-state index contributed by atoms with van der Waals surface area (Å²) in [6.07, 6.45) is 14.8. The van der Waals surface area contributed by atoms with Gasteiger partial charge in [-0.15, -0.1) is 11.3 Å². The zero-order valence-electron chi connectivity index (χ0n) is 14.3. The molecule has 2 fully saturated rings. The topological polar surface area (TPSA) is 30.7 Å². The minimum Gasteiger partial charge on any atom is -0.272 e. The van der Waals surface area contributed by atoms with E-state index in [2.05, 4.69) is 29.9 Å². The fourth-order valence-corrected chi connectivity index (χ4v) is 4.88. The van der Waals surface area contributed by atoms with Crippen molar-refractivity contribution in [2.75, 3.05) is 0 Å². The third kappa shape index (κ3) is 3.52. The summed E-state index contributed by atoms with van der Waals surface area (Å²) < 4.78 is 2.07. The van der Waals surface area contributed by atoms with Crippen LogP contribution in [0.2, 0.25) is 0 Å². The Hall–Kier alpha value is -1.16. The Labute approximate surface area is 143 Å². The van der Waals surface area contributed by atoms with Crippen LogP contribution in [0.25, 0.3) is 10.4 Å². The second-order valence-electron chi connectivity index (χ2n) is 7.72. The van der Waals surface area contributed by atoms with Crippen LogP contribution in [0.5, 0.6) is 0 Å². The van der Waals surface area contributed by atoms with Gasteiger partial charge in [0.05, 0.1) is 16.1 Å². The molecule has 3 nitrogen and oxygen atoms in total. The molecule has 0 amide bonds. The van der Waals surface area contributed by atoms with Crippen LogP contribution in [0.3, 0.4) is 0 Å². The van der Waals surface area contributed by atoms with E-state index < -0.39 is 0 Å². The van der Waals surface area contributed by atoms with Gasteiger partial charge in [-0.2, -0.15) is 5.10 Å². The van der Waals surface area contributed by atoms with Gasteiger partial charge in [-0.25, -0.2) is 4.98 Å². The SMILES string of the molecule is CC1CCC(Cc2ncc(-c3cnn(C)c3CC3CC3)s2)CC1. The molecule has 2 aliphatic carbocycles. The van der Waals surface area contributed by atoms with Crippen LogP contribution in [0, 0.1) is 17.8 Å². The van der Waals surface area contributed by atoms with Gasteiger partial charge in [0.2, 0.25) is 0 Å². The van der Waals surface area contributed by atoms with E-state index in [9.17, 15) is 0 Å². The lowest BCUT2D eigenvalue weighted by molar-refractivity contribution is 0.289. The van der Waals surface area contributed by atoms with Crippen molar-refractivity contribution in [2.45, 2.75) is 58.3 Å². The van der Waals surface area contributed by atoms with Crippen molar-refractivity contribution in [1.82, 2.24) is 14.8 Å². The Bertz CT molecular complexity index is 660. The van der Waals surface area contributed by atoms with Gasteiger partial charge >= 0.3 is 0 Å². The first-order chi connectivity index (χ1) is 11.2. The van der Waals surface area contributed by atoms with Gasteiger partial charge in [0.1, 0.15) is 0 Å². The third-order valence-electron chi connectivity index (χ3n) is 5.66. The molecule has 0 saturated heterocycles. The number of hydrogen-bond donors (Lipinski definition) is 0. The van der Waals surface area contributed by atoms with Crippen molar-refractivity contribution in [3.63, 3.8) is 0 Å². The lowest BCUT2D eigenvalue weighted by Gasteiger charge is -2.25. The van der Waals surface area contributed by atoms with Crippen LogP contribution in [0.15, 0.2) is 12.4 Å². The van der Waals surface area contributed by atoms with Gasteiger partial charge in [-0.1, -0.05) is 19.8 Å². The molecule has 0 unspecified atom stereocenters. The Morgan fingerprint density at radius 1 is 1.04 bits per heavy atom. The smallest absolute Gasteiger partial charge is 0.0934 e. The van der Waals surface area contributed by atoms with Crippen LogP contribution in [-0.2, 0) is 19.9 Å². The maximum absolute atomic E-state index is 4.73. The first kappa shape index (κ1) is 15.4. The van der Waals surface area contributed by atoms with Gasteiger partial charge < -0.3 is 0 Å². The van der Waals surface area contributed by atoms with E-state index >= 15 is 0 Å². The van der Waals surface area contributed by atoms with Crippen LogP contribution < -0.4 is 0 Å². The quantitative estimate of drug-likeness (QED) is 0.784. The van der Waals surface area contributed by atoms with Crippen molar-refractivity contribution >= 4 is 11.3 Å². The Morgan fingerprint density at radius 3 is 2.48 bits per heavy atom. The number of thiazole rings is 1. The summed E-state index contributed by atoms with van der Waals surface area (Å²) in [4.78, 5) is 6.05. The molecule has 23 heavy (non-hydrogen) atoms. The lowest BCUT2D eigenvalue weighted by atomic mass is 9.81. The molecule has 0 bridgehead atoms. The van der Waals surface area contributed by atoms with E-state index in [1.54, 1.807) is 0 Å². The molecule has 0 N–H and O–H groups in total. The van der Waals surface area contributed by atoms with E-state index in [1.165, 1.54) is 72.5 Å². The van der Waals surface area contributed by atoms with E-state index in [0.717, 1.165) is 17.8 Å². The first-order valence-electron chi connectivity index (χ1n) is 9.15. The Balaban J connectivity index is 1.47. The van der Waals surface area contributed by atoms with Crippen molar-refractivity contribution in [3.8, 4) is 10.4 Å². The summed E-state index contributed by atoms with van der Waals surface area (Å²) in [5, 5.41) is 5.82. The first-order valence-corrected chi connectivity index (χ1v) is 9.96. The van der Waals surface area contributed by atoms with Gasteiger partial charge in [0.15, 0.2) is 0 Å². The lowest BCUT2D eigenvalue weighted by Crippen LogP contribution is -2.14. The molecule has 0 aromatic carbocycles. The molecule has 0 radical (unpaired) electrons. The molecule has 2 heterocycles. The summed E-state index contributed by atoms with van der Waals surface area (Å²) in [7, 11) is 2.08. The van der Waals surface area contributed by atoms with Crippen LogP contribution >= 0.6 is 11.3 Å². The van der Waals surface area contributed by atoms with Crippen molar-refractivity contribution in [1.29, 1.82) is 0 Å². The number of aromatic nitrogens is 3. The largest absolute Gasteiger partial charge is 0.272 e. The number of rotatable bonds is 5. The molecule has 4 heteroatoms. The summed E-state index contributed by atoms with van der Waals surface area (Å²) in [5.41, 5.74) is 2.72. The van der Waals surface area contributed by atoms with E-state index in [0.29, 0.717) is 0 Å². The van der Waals surface area contributed by atoms with E-state index in [1.807, 2.05) is 17.5 Å². The molecule has 2 saturated carbocycles. The van der Waals surface area contributed by atoms with Crippen molar-refractivity contribution in [3.05, 3.63) is 23.1 Å². The highest BCUT2D eigenvalue weighted by Gasteiger charge is 2.26. The average Bonchev–Trinajstić information content (AvgIpc) is 3.13. The summed E-state index contributed by atoms with van der Waals surface area (Å²) in [6.45, 7) is 2.39. The monoisotopic (exact) mass is 329 g/mol. The van der Waals surface area contributed by atoms with Gasteiger partial charge in [0.25, 0.3) is 0 Å². The van der Waals surface area contributed by atoms with Gasteiger partial charge in [-0.3, -0.25) is 4.68 Å². The molecular formula is C19H27N3S. The molecule has 2 aromatic rings. The zero-order chi connectivity index (χ0) is 15.8. The standard InChI is InChI=1S/C19H27N3S/c1-13-3-5-15(6-4-13)10-19-20-12-18(23-19)16-11-21-22(2)17(16)9-14-7-8-14/h11-15H,3-10H2,1-2H3. The zero-order valence-corrected chi connectivity index (χ0v) is 15.1. The Kier molecular flexibility index (Phi) is 4.27. The number of aryl methyl sites for hydroxylation is 1. The van der Waals surface area contributed by atoms with E-state index in [-0.39, 0.29) is 0 Å². The second-order valence-corrected chi connectivity index (χ2v) is 8.84. The highest BCUT2D eigenvalue weighted by atomic mass is 32.1. The molecule has 0 spiro atoms. The fourth-order valence-electron chi connectivity index (χ4n) is 3.82.